The van der Waals surface area contributed by atoms with Crippen molar-refractivity contribution in [3.63, 3.8) is 0 Å². The van der Waals surface area contributed by atoms with E-state index < -0.39 is 0 Å². The van der Waals surface area contributed by atoms with Gasteiger partial charge < -0.3 is 19.7 Å². The standard InChI is InChI=1S/C28H29N5O3/c1-35-24-9-5-8-23(16-24)27-25(20-33(31-27)19-21-6-3-2-4-7-21)28(34)30-18-22-10-11-26(29-17-22)32-12-14-36-15-13-32/h2-11,16-17,20H,12-15,18-19H2,1H3,(H,30,34). The highest BCUT2D eigenvalue weighted by atomic mass is 16.5. The molecule has 0 saturated carbocycles. The molecule has 1 N–H and O–H groups in total. The van der Waals surface area contributed by atoms with Crippen LogP contribution in [0.4, 0.5) is 5.82 Å². The fraction of sp³-hybridized carbons (Fsp3) is 0.250. The lowest BCUT2D eigenvalue weighted by Gasteiger charge is -2.27. The van der Waals surface area contributed by atoms with E-state index in [0.717, 1.165) is 35.6 Å². The van der Waals surface area contributed by atoms with Gasteiger partial charge >= 0.3 is 0 Å². The van der Waals surface area contributed by atoms with E-state index in [4.69, 9.17) is 14.6 Å². The van der Waals surface area contributed by atoms with Gasteiger partial charge in [0.05, 0.1) is 32.4 Å². The summed E-state index contributed by atoms with van der Waals surface area (Å²) in [6.45, 7) is 4.04. The third-order valence-electron chi connectivity index (χ3n) is 6.13. The molecule has 36 heavy (non-hydrogen) atoms. The van der Waals surface area contributed by atoms with Gasteiger partial charge in [-0.3, -0.25) is 9.48 Å². The molecular weight excluding hydrogens is 454 g/mol. The molecule has 8 heteroatoms. The van der Waals surface area contributed by atoms with Crippen LogP contribution in [0.25, 0.3) is 11.3 Å². The van der Waals surface area contributed by atoms with Crippen LogP contribution < -0.4 is 15.0 Å². The van der Waals surface area contributed by atoms with Gasteiger partial charge in [-0.05, 0) is 29.3 Å². The summed E-state index contributed by atoms with van der Waals surface area (Å²) in [7, 11) is 1.62. The van der Waals surface area contributed by atoms with Gasteiger partial charge in [0.2, 0.25) is 0 Å². The van der Waals surface area contributed by atoms with Gasteiger partial charge in [-0.2, -0.15) is 5.10 Å². The maximum absolute atomic E-state index is 13.3. The Hall–Kier alpha value is -4.17. The monoisotopic (exact) mass is 483 g/mol. The molecule has 8 nitrogen and oxygen atoms in total. The van der Waals surface area contributed by atoms with Crippen LogP contribution in [0.1, 0.15) is 21.5 Å². The van der Waals surface area contributed by atoms with E-state index in [1.54, 1.807) is 18.0 Å². The van der Waals surface area contributed by atoms with Crippen molar-refractivity contribution in [3.8, 4) is 17.0 Å². The number of anilines is 1. The number of carbonyl (C=O) groups excluding carboxylic acids is 1. The molecule has 2 aromatic carbocycles. The van der Waals surface area contributed by atoms with E-state index in [1.165, 1.54) is 0 Å². The van der Waals surface area contributed by atoms with E-state index >= 15 is 0 Å². The average Bonchev–Trinajstić information content (AvgIpc) is 3.37. The van der Waals surface area contributed by atoms with E-state index in [9.17, 15) is 4.79 Å². The van der Waals surface area contributed by atoms with Crippen LogP contribution in [0.3, 0.4) is 0 Å². The van der Waals surface area contributed by atoms with Crippen LogP contribution in [0.2, 0.25) is 0 Å². The van der Waals surface area contributed by atoms with Crippen molar-refractivity contribution in [3.05, 3.63) is 95.8 Å². The van der Waals surface area contributed by atoms with Crippen LogP contribution in [-0.2, 0) is 17.8 Å². The Bertz CT molecular complexity index is 1300. The number of hydrogen-bond acceptors (Lipinski definition) is 6. The zero-order valence-electron chi connectivity index (χ0n) is 20.3. The first kappa shape index (κ1) is 23.6. The number of benzene rings is 2. The fourth-order valence-electron chi connectivity index (χ4n) is 4.20. The van der Waals surface area contributed by atoms with E-state index in [1.807, 2.05) is 72.9 Å². The highest BCUT2D eigenvalue weighted by molar-refractivity contribution is 5.99. The minimum absolute atomic E-state index is 0.190. The highest BCUT2D eigenvalue weighted by Crippen LogP contribution is 2.26. The van der Waals surface area contributed by atoms with Crippen LogP contribution >= 0.6 is 0 Å². The van der Waals surface area contributed by atoms with E-state index in [0.29, 0.717) is 43.3 Å². The molecule has 184 valence electrons. The number of carbonyl (C=O) groups is 1. The van der Waals surface area contributed by atoms with Gasteiger partial charge in [-0.1, -0.05) is 48.5 Å². The van der Waals surface area contributed by atoms with Crippen LogP contribution in [0.15, 0.2) is 79.1 Å². The molecule has 4 aromatic rings. The average molecular weight is 484 g/mol. The molecule has 0 unspecified atom stereocenters. The first-order valence-corrected chi connectivity index (χ1v) is 12.0. The van der Waals surface area contributed by atoms with Crippen molar-refractivity contribution in [1.29, 1.82) is 0 Å². The first-order chi connectivity index (χ1) is 17.7. The molecule has 1 amide bonds. The summed E-state index contributed by atoms with van der Waals surface area (Å²) in [6, 6.07) is 21.6. The summed E-state index contributed by atoms with van der Waals surface area (Å²) in [5.74, 6) is 1.45. The third-order valence-corrected chi connectivity index (χ3v) is 6.13. The number of aromatic nitrogens is 3. The number of nitrogens with zero attached hydrogens (tertiary/aromatic N) is 4. The lowest BCUT2D eigenvalue weighted by molar-refractivity contribution is 0.0951. The molecule has 1 aliphatic rings. The van der Waals surface area contributed by atoms with E-state index in [2.05, 4.69) is 15.2 Å². The number of nitrogens with one attached hydrogen (secondary N) is 1. The second-order valence-electron chi connectivity index (χ2n) is 8.61. The smallest absolute Gasteiger partial charge is 0.255 e. The maximum Gasteiger partial charge on any atom is 0.255 e. The normalized spacial score (nSPS) is 13.4. The Balaban J connectivity index is 1.34. The molecule has 2 aromatic heterocycles. The minimum atomic E-state index is -0.190. The summed E-state index contributed by atoms with van der Waals surface area (Å²) in [5.41, 5.74) is 3.98. The van der Waals surface area contributed by atoms with Gasteiger partial charge in [-0.15, -0.1) is 0 Å². The molecule has 3 heterocycles. The fourth-order valence-corrected chi connectivity index (χ4v) is 4.20. The Labute approximate surface area is 210 Å². The Kier molecular flexibility index (Phi) is 7.23. The Morgan fingerprint density at radius 2 is 1.86 bits per heavy atom. The summed E-state index contributed by atoms with van der Waals surface area (Å²) in [5, 5.41) is 7.80. The van der Waals surface area contributed by atoms with Gasteiger partial charge in [0, 0.05) is 37.6 Å². The summed E-state index contributed by atoms with van der Waals surface area (Å²) >= 11 is 0. The van der Waals surface area contributed by atoms with Gasteiger partial charge in [0.25, 0.3) is 5.91 Å². The third kappa shape index (κ3) is 5.55. The lowest BCUT2D eigenvalue weighted by Crippen LogP contribution is -2.36. The molecule has 1 saturated heterocycles. The number of pyridine rings is 1. The molecular formula is C28H29N5O3. The number of rotatable bonds is 8. The van der Waals surface area contributed by atoms with E-state index in [-0.39, 0.29) is 5.91 Å². The minimum Gasteiger partial charge on any atom is -0.497 e. The Morgan fingerprint density at radius 3 is 2.61 bits per heavy atom. The predicted molar refractivity (Wildman–Crippen MR) is 138 cm³/mol. The number of hydrogen-bond donors (Lipinski definition) is 1. The summed E-state index contributed by atoms with van der Waals surface area (Å²) < 4.78 is 12.6. The predicted octanol–water partition coefficient (Wildman–Crippen LogP) is 3.77. The number of morpholine rings is 1. The van der Waals surface area contributed by atoms with Crippen LogP contribution in [0.5, 0.6) is 5.75 Å². The maximum atomic E-state index is 13.3. The first-order valence-electron chi connectivity index (χ1n) is 12.0. The van der Waals surface area contributed by atoms with Gasteiger partial charge in [0.1, 0.15) is 17.3 Å². The topological polar surface area (TPSA) is 81.5 Å². The zero-order chi connectivity index (χ0) is 24.7. The SMILES string of the molecule is COc1cccc(-c2nn(Cc3ccccc3)cc2C(=O)NCc2ccc(N3CCOCC3)nc2)c1. The van der Waals surface area contributed by atoms with Crippen molar-refractivity contribution in [1.82, 2.24) is 20.1 Å². The van der Waals surface area contributed by atoms with Crippen molar-refractivity contribution in [2.24, 2.45) is 0 Å². The highest BCUT2D eigenvalue weighted by Gasteiger charge is 2.19. The molecule has 0 aliphatic carbocycles. The molecule has 5 rings (SSSR count). The van der Waals surface area contributed by atoms with Gasteiger partial charge in [-0.25, -0.2) is 4.98 Å². The van der Waals surface area contributed by atoms with Crippen molar-refractivity contribution >= 4 is 11.7 Å². The molecule has 1 aliphatic heterocycles. The second-order valence-corrected chi connectivity index (χ2v) is 8.61. The quantitative estimate of drug-likeness (QED) is 0.411. The molecule has 0 spiro atoms. The zero-order valence-corrected chi connectivity index (χ0v) is 20.3. The van der Waals surface area contributed by atoms with Crippen LogP contribution in [-0.4, -0.2) is 54.1 Å². The van der Waals surface area contributed by atoms with Crippen molar-refractivity contribution in [2.45, 2.75) is 13.1 Å². The molecule has 0 bridgehead atoms. The molecule has 0 radical (unpaired) electrons. The number of methoxy groups -OCH3 is 1. The number of amides is 1. The number of ether oxygens (including phenoxy) is 2. The van der Waals surface area contributed by atoms with Gasteiger partial charge in [0.15, 0.2) is 0 Å². The van der Waals surface area contributed by atoms with Crippen molar-refractivity contribution < 1.29 is 14.3 Å². The molecule has 1 fully saturated rings. The van der Waals surface area contributed by atoms with Crippen molar-refractivity contribution in [2.75, 3.05) is 38.3 Å². The molecule has 0 atom stereocenters. The summed E-state index contributed by atoms with van der Waals surface area (Å²) in [4.78, 5) is 20.1. The summed E-state index contributed by atoms with van der Waals surface area (Å²) in [6.07, 6.45) is 3.61. The lowest BCUT2D eigenvalue weighted by atomic mass is 10.1. The Morgan fingerprint density at radius 1 is 1.03 bits per heavy atom. The second kappa shape index (κ2) is 11.0. The largest absolute Gasteiger partial charge is 0.497 e. The van der Waals surface area contributed by atoms with Crippen LogP contribution in [0, 0.1) is 0 Å².